The second-order valence-corrected chi connectivity index (χ2v) is 8.24. The summed E-state index contributed by atoms with van der Waals surface area (Å²) in [5.41, 5.74) is 0.182. The molecule has 1 unspecified atom stereocenters. The number of amides is 2. The molecule has 1 aliphatic heterocycles. The largest absolute Gasteiger partial charge is 0.451 e. The first-order valence-electron chi connectivity index (χ1n) is 10.8. The minimum Gasteiger partial charge on any atom is -0.451 e. The van der Waals surface area contributed by atoms with Crippen LogP contribution in [0.1, 0.15) is 33.8 Å². The summed E-state index contributed by atoms with van der Waals surface area (Å²) in [4.78, 5) is 39.7. The van der Waals surface area contributed by atoms with Crippen LogP contribution in [0.4, 0.5) is 4.39 Å². The molecule has 1 N–H and O–H groups in total. The number of piperidine rings is 1. The minimum absolute atomic E-state index is 0.0315. The number of likely N-dealkylation sites (tertiary alicyclic amines) is 1. The van der Waals surface area contributed by atoms with E-state index in [0.29, 0.717) is 25.1 Å². The molecule has 166 valence electrons. The molecule has 1 aliphatic rings. The van der Waals surface area contributed by atoms with Crippen LogP contribution in [0.15, 0.2) is 75.9 Å². The van der Waals surface area contributed by atoms with Gasteiger partial charge >= 0.3 is 0 Å². The van der Waals surface area contributed by atoms with E-state index in [1.165, 1.54) is 12.1 Å². The highest BCUT2D eigenvalue weighted by molar-refractivity contribution is 5.99. The minimum atomic E-state index is -0.551. The molecule has 7 heteroatoms. The van der Waals surface area contributed by atoms with Crippen molar-refractivity contribution in [3.05, 3.63) is 94.1 Å². The molecule has 0 spiro atoms. The van der Waals surface area contributed by atoms with Crippen LogP contribution in [0.5, 0.6) is 0 Å². The van der Waals surface area contributed by atoms with E-state index in [0.717, 1.165) is 29.3 Å². The molecule has 0 radical (unpaired) electrons. The molecule has 1 fully saturated rings. The number of rotatable bonds is 3. The van der Waals surface area contributed by atoms with Gasteiger partial charge in [-0.3, -0.25) is 14.4 Å². The Balaban J connectivity index is 1.32. The molecule has 4 aromatic rings. The molecule has 0 saturated carbocycles. The number of benzene rings is 3. The molecule has 0 bridgehead atoms. The molecule has 3 aromatic carbocycles. The Morgan fingerprint density at radius 1 is 1.00 bits per heavy atom. The zero-order valence-corrected chi connectivity index (χ0v) is 17.7. The summed E-state index contributed by atoms with van der Waals surface area (Å²) in [5.74, 6) is -1.35. The molecular weight excluding hydrogens is 423 g/mol. The zero-order valence-electron chi connectivity index (χ0n) is 17.7. The quantitative estimate of drug-likeness (QED) is 0.516. The third-order valence-electron chi connectivity index (χ3n) is 5.96. The molecule has 1 saturated heterocycles. The average Bonchev–Trinajstić information content (AvgIpc) is 2.83. The summed E-state index contributed by atoms with van der Waals surface area (Å²) >= 11 is 0. The monoisotopic (exact) mass is 444 g/mol. The van der Waals surface area contributed by atoms with Crippen LogP contribution in [0, 0.1) is 5.82 Å². The highest BCUT2D eigenvalue weighted by Crippen LogP contribution is 2.19. The van der Waals surface area contributed by atoms with E-state index in [1.54, 1.807) is 11.0 Å². The number of halogens is 1. The fourth-order valence-electron chi connectivity index (χ4n) is 4.27. The third-order valence-corrected chi connectivity index (χ3v) is 5.96. The Morgan fingerprint density at radius 2 is 1.82 bits per heavy atom. The number of hydrogen-bond acceptors (Lipinski definition) is 4. The SMILES string of the molecule is O=C(NC1CCCN(C(=O)c2cc(=O)c3ccc(F)cc3o2)C1)c1ccc2ccccc2c1. The normalized spacial score (nSPS) is 16.2. The molecule has 1 atom stereocenters. The summed E-state index contributed by atoms with van der Waals surface area (Å²) < 4.78 is 19.1. The zero-order chi connectivity index (χ0) is 22.9. The van der Waals surface area contributed by atoms with Crippen molar-refractivity contribution in [2.75, 3.05) is 13.1 Å². The van der Waals surface area contributed by atoms with Crippen LogP contribution in [0.2, 0.25) is 0 Å². The van der Waals surface area contributed by atoms with Crippen LogP contribution in [0.25, 0.3) is 21.7 Å². The van der Waals surface area contributed by atoms with Gasteiger partial charge in [0.1, 0.15) is 11.4 Å². The molecular formula is C26H21FN2O4. The Kier molecular flexibility index (Phi) is 5.38. The van der Waals surface area contributed by atoms with Gasteiger partial charge in [0, 0.05) is 36.8 Å². The van der Waals surface area contributed by atoms with Crippen molar-refractivity contribution in [2.45, 2.75) is 18.9 Å². The van der Waals surface area contributed by atoms with E-state index in [-0.39, 0.29) is 28.7 Å². The lowest BCUT2D eigenvalue weighted by atomic mass is 10.0. The van der Waals surface area contributed by atoms with E-state index in [9.17, 15) is 18.8 Å². The average molecular weight is 444 g/mol. The second-order valence-electron chi connectivity index (χ2n) is 8.24. The number of nitrogens with one attached hydrogen (secondary N) is 1. The van der Waals surface area contributed by atoms with Gasteiger partial charge in [0.15, 0.2) is 11.2 Å². The number of fused-ring (bicyclic) bond motifs is 2. The maximum Gasteiger partial charge on any atom is 0.289 e. The molecule has 1 aromatic heterocycles. The van der Waals surface area contributed by atoms with Crippen molar-refractivity contribution in [3.8, 4) is 0 Å². The Hall–Kier alpha value is -4.00. The smallest absolute Gasteiger partial charge is 0.289 e. The van der Waals surface area contributed by atoms with E-state index >= 15 is 0 Å². The number of carbonyl (C=O) groups is 2. The molecule has 2 amide bonds. The maximum absolute atomic E-state index is 13.6. The van der Waals surface area contributed by atoms with Crippen LogP contribution < -0.4 is 10.7 Å². The van der Waals surface area contributed by atoms with Gasteiger partial charge in [-0.25, -0.2) is 4.39 Å². The fourth-order valence-corrected chi connectivity index (χ4v) is 4.27. The van der Waals surface area contributed by atoms with Crippen molar-refractivity contribution in [1.29, 1.82) is 0 Å². The van der Waals surface area contributed by atoms with Gasteiger partial charge in [-0.15, -0.1) is 0 Å². The number of carbonyl (C=O) groups excluding carboxylic acids is 2. The van der Waals surface area contributed by atoms with Crippen molar-refractivity contribution in [3.63, 3.8) is 0 Å². The third kappa shape index (κ3) is 4.22. The van der Waals surface area contributed by atoms with Gasteiger partial charge in [0.2, 0.25) is 0 Å². The van der Waals surface area contributed by atoms with E-state index in [2.05, 4.69) is 5.32 Å². The number of nitrogens with zero attached hydrogens (tertiary/aromatic N) is 1. The molecule has 33 heavy (non-hydrogen) atoms. The van der Waals surface area contributed by atoms with E-state index in [4.69, 9.17) is 4.42 Å². The Labute approximate surface area is 188 Å². The highest BCUT2D eigenvalue weighted by atomic mass is 19.1. The topological polar surface area (TPSA) is 79.6 Å². The van der Waals surface area contributed by atoms with Gasteiger partial charge < -0.3 is 14.6 Å². The molecule has 0 aliphatic carbocycles. The summed E-state index contributed by atoms with van der Waals surface area (Å²) in [7, 11) is 0. The van der Waals surface area contributed by atoms with Crippen LogP contribution >= 0.6 is 0 Å². The first-order valence-corrected chi connectivity index (χ1v) is 10.8. The van der Waals surface area contributed by atoms with Gasteiger partial charge in [-0.2, -0.15) is 0 Å². The van der Waals surface area contributed by atoms with Crippen molar-refractivity contribution < 1.29 is 18.4 Å². The number of hydrogen-bond donors (Lipinski definition) is 1. The molecule has 5 rings (SSSR count). The predicted molar refractivity (Wildman–Crippen MR) is 123 cm³/mol. The lowest BCUT2D eigenvalue weighted by molar-refractivity contribution is 0.0647. The summed E-state index contributed by atoms with van der Waals surface area (Å²) in [6, 6.07) is 17.9. The van der Waals surface area contributed by atoms with Gasteiger partial charge in [0.25, 0.3) is 11.8 Å². The predicted octanol–water partition coefficient (Wildman–Crippen LogP) is 4.12. The molecule has 2 heterocycles. The van der Waals surface area contributed by atoms with Crippen LogP contribution in [-0.4, -0.2) is 35.8 Å². The Morgan fingerprint density at radius 3 is 2.67 bits per heavy atom. The molecule has 6 nitrogen and oxygen atoms in total. The van der Waals surface area contributed by atoms with Gasteiger partial charge in [-0.1, -0.05) is 30.3 Å². The van der Waals surface area contributed by atoms with E-state index < -0.39 is 17.2 Å². The van der Waals surface area contributed by atoms with Crippen LogP contribution in [-0.2, 0) is 0 Å². The van der Waals surface area contributed by atoms with Crippen molar-refractivity contribution in [1.82, 2.24) is 10.2 Å². The summed E-state index contributed by atoms with van der Waals surface area (Å²) in [5, 5.41) is 5.26. The van der Waals surface area contributed by atoms with Gasteiger partial charge in [-0.05, 0) is 47.9 Å². The van der Waals surface area contributed by atoms with Crippen molar-refractivity contribution in [2.24, 2.45) is 0 Å². The first kappa shape index (κ1) is 20.9. The highest BCUT2D eigenvalue weighted by Gasteiger charge is 2.27. The second kappa shape index (κ2) is 8.50. The summed E-state index contributed by atoms with van der Waals surface area (Å²) in [6.45, 7) is 0.773. The lowest BCUT2D eigenvalue weighted by Gasteiger charge is -2.32. The van der Waals surface area contributed by atoms with Crippen molar-refractivity contribution >= 4 is 33.6 Å². The van der Waals surface area contributed by atoms with Crippen LogP contribution in [0.3, 0.4) is 0 Å². The fraction of sp³-hybridized carbons (Fsp3) is 0.192. The van der Waals surface area contributed by atoms with E-state index in [1.807, 2.05) is 36.4 Å². The Bertz CT molecular complexity index is 1450. The first-order chi connectivity index (χ1) is 16.0. The van der Waals surface area contributed by atoms with Gasteiger partial charge in [0.05, 0.1) is 5.39 Å². The summed E-state index contributed by atoms with van der Waals surface area (Å²) in [6.07, 6.45) is 1.43. The standard InChI is InChI=1S/C26H21FN2O4/c27-19-9-10-21-22(30)14-24(33-23(21)13-19)26(32)29-11-3-6-20(15-29)28-25(31)18-8-7-16-4-1-2-5-17(16)12-18/h1-2,4-5,7-10,12-14,20H,3,6,11,15H2,(H,28,31). The maximum atomic E-state index is 13.6. The lowest BCUT2D eigenvalue weighted by Crippen LogP contribution is -2.49.